The summed E-state index contributed by atoms with van der Waals surface area (Å²) in [6.45, 7) is 3.34. The first-order chi connectivity index (χ1) is 9.79. The highest BCUT2D eigenvalue weighted by molar-refractivity contribution is 5.92. The van der Waals surface area contributed by atoms with Crippen LogP contribution in [0.5, 0.6) is 0 Å². The van der Waals surface area contributed by atoms with Crippen LogP contribution in [0.2, 0.25) is 0 Å². The molecule has 0 radical (unpaired) electrons. The van der Waals surface area contributed by atoms with Gasteiger partial charge in [-0.1, -0.05) is 6.92 Å². The molecule has 6 heteroatoms. The quantitative estimate of drug-likeness (QED) is 0.834. The molecule has 0 unspecified atom stereocenters. The van der Waals surface area contributed by atoms with Crippen molar-refractivity contribution in [3.8, 4) is 0 Å². The highest BCUT2D eigenvalue weighted by Gasteiger charge is 2.06. The van der Waals surface area contributed by atoms with Crippen LogP contribution in [0.15, 0.2) is 36.9 Å². The number of hydrogen-bond acceptors (Lipinski definition) is 5. The fraction of sp³-hybridized carbons (Fsp3) is 0.286. The lowest BCUT2D eigenvalue weighted by Gasteiger charge is -2.06. The second-order valence-electron chi connectivity index (χ2n) is 4.24. The molecule has 104 valence electrons. The highest BCUT2D eigenvalue weighted by Crippen LogP contribution is 2.06. The Kier molecular flexibility index (Phi) is 5.00. The van der Waals surface area contributed by atoms with Gasteiger partial charge in [-0.2, -0.15) is 0 Å². The molecule has 0 saturated carbocycles. The zero-order chi connectivity index (χ0) is 14.2. The summed E-state index contributed by atoms with van der Waals surface area (Å²) in [5.41, 5.74) is 2.06. The van der Waals surface area contributed by atoms with E-state index in [1.807, 2.05) is 6.07 Å². The van der Waals surface area contributed by atoms with E-state index >= 15 is 0 Å². The third kappa shape index (κ3) is 4.01. The lowest BCUT2D eigenvalue weighted by molar-refractivity contribution is 0.0945. The minimum absolute atomic E-state index is 0.217. The maximum absolute atomic E-state index is 11.9. The maximum Gasteiger partial charge on any atom is 0.270 e. The molecule has 0 aliphatic carbocycles. The number of pyridine rings is 1. The van der Waals surface area contributed by atoms with Crippen LogP contribution in [-0.2, 0) is 6.54 Å². The number of anilines is 1. The zero-order valence-electron chi connectivity index (χ0n) is 11.3. The summed E-state index contributed by atoms with van der Waals surface area (Å²) in [5.74, 6) is -0.217. The van der Waals surface area contributed by atoms with Crippen molar-refractivity contribution in [1.29, 1.82) is 0 Å². The van der Waals surface area contributed by atoms with Crippen molar-refractivity contribution in [2.75, 3.05) is 11.9 Å². The van der Waals surface area contributed by atoms with E-state index < -0.39 is 0 Å². The number of carbonyl (C=O) groups is 1. The van der Waals surface area contributed by atoms with E-state index in [4.69, 9.17) is 0 Å². The number of rotatable bonds is 6. The normalized spacial score (nSPS) is 10.1. The number of hydrogen-bond donors (Lipinski definition) is 2. The van der Waals surface area contributed by atoms with Crippen LogP contribution in [-0.4, -0.2) is 27.4 Å². The summed E-state index contributed by atoms with van der Waals surface area (Å²) >= 11 is 0. The van der Waals surface area contributed by atoms with Crippen LogP contribution >= 0.6 is 0 Å². The SMILES string of the molecule is CCCNc1ccc(C(=O)NCc2ccncn2)nc1. The van der Waals surface area contributed by atoms with Gasteiger partial charge in [-0.15, -0.1) is 0 Å². The van der Waals surface area contributed by atoms with Crippen LogP contribution in [0.3, 0.4) is 0 Å². The third-order valence-corrected chi connectivity index (χ3v) is 2.65. The van der Waals surface area contributed by atoms with E-state index in [2.05, 4.69) is 32.5 Å². The molecule has 0 atom stereocenters. The van der Waals surface area contributed by atoms with Gasteiger partial charge in [0.15, 0.2) is 0 Å². The van der Waals surface area contributed by atoms with Gasteiger partial charge >= 0.3 is 0 Å². The summed E-state index contributed by atoms with van der Waals surface area (Å²) in [7, 11) is 0. The summed E-state index contributed by atoms with van der Waals surface area (Å²) in [4.78, 5) is 23.9. The molecule has 0 spiro atoms. The molecule has 20 heavy (non-hydrogen) atoms. The maximum atomic E-state index is 11.9. The fourth-order valence-electron chi connectivity index (χ4n) is 1.59. The van der Waals surface area contributed by atoms with Crippen molar-refractivity contribution < 1.29 is 4.79 Å². The van der Waals surface area contributed by atoms with E-state index in [1.165, 1.54) is 6.33 Å². The predicted molar refractivity (Wildman–Crippen MR) is 76.2 cm³/mol. The van der Waals surface area contributed by atoms with Crippen LogP contribution in [0.4, 0.5) is 5.69 Å². The smallest absolute Gasteiger partial charge is 0.270 e. The Morgan fingerprint density at radius 1 is 1.25 bits per heavy atom. The molecule has 2 heterocycles. The second-order valence-corrected chi connectivity index (χ2v) is 4.24. The van der Waals surface area contributed by atoms with Crippen molar-refractivity contribution in [1.82, 2.24) is 20.3 Å². The Balaban J connectivity index is 1.89. The highest BCUT2D eigenvalue weighted by atomic mass is 16.1. The average molecular weight is 271 g/mol. The standard InChI is InChI=1S/C14H17N5O/c1-2-6-16-11-3-4-13(17-8-11)14(20)18-9-12-5-7-15-10-19-12/h3-5,7-8,10,16H,2,6,9H2,1H3,(H,18,20). The summed E-state index contributed by atoms with van der Waals surface area (Å²) < 4.78 is 0. The molecule has 0 saturated heterocycles. The molecule has 6 nitrogen and oxygen atoms in total. The number of nitrogens with zero attached hydrogens (tertiary/aromatic N) is 3. The second kappa shape index (κ2) is 7.18. The van der Waals surface area contributed by atoms with Crippen LogP contribution in [0.25, 0.3) is 0 Å². The van der Waals surface area contributed by atoms with Gasteiger partial charge in [0.25, 0.3) is 5.91 Å². The van der Waals surface area contributed by atoms with Crippen molar-refractivity contribution >= 4 is 11.6 Å². The Morgan fingerprint density at radius 2 is 2.15 bits per heavy atom. The monoisotopic (exact) mass is 271 g/mol. The molecule has 0 aromatic carbocycles. The van der Waals surface area contributed by atoms with Crippen molar-refractivity contribution in [3.05, 3.63) is 48.3 Å². The summed E-state index contributed by atoms with van der Waals surface area (Å²) in [6, 6.07) is 5.31. The van der Waals surface area contributed by atoms with Gasteiger partial charge in [-0.25, -0.2) is 15.0 Å². The minimum Gasteiger partial charge on any atom is -0.384 e. The molecule has 0 aliphatic rings. The average Bonchev–Trinajstić information content (AvgIpc) is 2.52. The van der Waals surface area contributed by atoms with Gasteiger partial charge in [0.2, 0.25) is 0 Å². The molecule has 2 aromatic rings. The number of carbonyl (C=O) groups excluding carboxylic acids is 1. The van der Waals surface area contributed by atoms with Crippen molar-refractivity contribution in [2.45, 2.75) is 19.9 Å². The van der Waals surface area contributed by atoms with Gasteiger partial charge in [-0.3, -0.25) is 4.79 Å². The lowest BCUT2D eigenvalue weighted by atomic mass is 10.3. The van der Waals surface area contributed by atoms with Gasteiger partial charge in [0, 0.05) is 12.7 Å². The summed E-state index contributed by atoms with van der Waals surface area (Å²) in [5, 5.41) is 5.97. The number of amides is 1. The van der Waals surface area contributed by atoms with Crippen molar-refractivity contribution in [3.63, 3.8) is 0 Å². The summed E-state index contributed by atoms with van der Waals surface area (Å²) in [6.07, 6.45) is 5.80. The van der Waals surface area contributed by atoms with E-state index in [1.54, 1.807) is 24.5 Å². The van der Waals surface area contributed by atoms with Crippen LogP contribution < -0.4 is 10.6 Å². The van der Waals surface area contributed by atoms with Gasteiger partial charge in [0.05, 0.1) is 24.1 Å². The molecule has 0 bridgehead atoms. The third-order valence-electron chi connectivity index (χ3n) is 2.65. The Labute approximate surface area is 117 Å². The van der Waals surface area contributed by atoms with Crippen LogP contribution in [0.1, 0.15) is 29.5 Å². The topological polar surface area (TPSA) is 79.8 Å². The number of aromatic nitrogens is 3. The molecule has 1 amide bonds. The zero-order valence-corrected chi connectivity index (χ0v) is 11.3. The van der Waals surface area contributed by atoms with E-state index in [0.717, 1.165) is 24.3 Å². The molecule has 2 aromatic heterocycles. The molecule has 0 fully saturated rings. The van der Waals surface area contributed by atoms with Gasteiger partial charge in [-0.05, 0) is 24.6 Å². The van der Waals surface area contributed by atoms with E-state index in [9.17, 15) is 4.79 Å². The molecule has 2 rings (SSSR count). The van der Waals surface area contributed by atoms with E-state index in [-0.39, 0.29) is 5.91 Å². The first-order valence-corrected chi connectivity index (χ1v) is 6.52. The first-order valence-electron chi connectivity index (χ1n) is 6.52. The molecule has 2 N–H and O–H groups in total. The van der Waals surface area contributed by atoms with Crippen LogP contribution in [0, 0.1) is 0 Å². The van der Waals surface area contributed by atoms with Crippen molar-refractivity contribution in [2.24, 2.45) is 0 Å². The molecule has 0 aliphatic heterocycles. The predicted octanol–water partition coefficient (Wildman–Crippen LogP) is 1.62. The Bertz CT molecular complexity index is 541. The Morgan fingerprint density at radius 3 is 2.80 bits per heavy atom. The van der Waals surface area contributed by atoms with Gasteiger partial charge < -0.3 is 10.6 Å². The number of nitrogens with one attached hydrogen (secondary N) is 2. The molecular formula is C14H17N5O. The fourth-order valence-corrected chi connectivity index (χ4v) is 1.59. The molecular weight excluding hydrogens is 254 g/mol. The van der Waals surface area contributed by atoms with E-state index in [0.29, 0.717) is 12.2 Å². The van der Waals surface area contributed by atoms with Gasteiger partial charge in [0.1, 0.15) is 12.0 Å². The Hall–Kier alpha value is -2.50. The largest absolute Gasteiger partial charge is 0.384 e. The minimum atomic E-state index is -0.217. The first kappa shape index (κ1) is 13.9. The lowest BCUT2D eigenvalue weighted by Crippen LogP contribution is -2.24.